The van der Waals surface area contributed by atoms with Crippen LogP contribution in [0, 0.1) is 5.92 Å². The summed E-state index contributed by atoms with van der Waals surface area (Å²) in [6, 6.07) is 7.61. The summed E-state index contributed by atoms with van der Waals surface area (Å²) in [6.07, 6.45) is 1.46. The van der Waals surface area contributed by atoms with Crippen molar-refractivity contribution < 1.29 is 28.3 Å². The lowest BCUT2D eigenvalue weighted by Crippen LogP contribution is -2.34. The van der Waals surface area contributed by atoms with Crippen molar-refractivity contribution in [2.24, 2.45) is 5.92 Å². The van der Waals surface area contributed by atoms with Gasteiger partial charge in [0.25, 0.3) is 5.91 Å². The van der Waals surface area contributed by atoms with E-state index in [2.05, 4.69) is 10.6 Å². The van der Waals surface area contributed by atoms with Gasteiger partial charge in [-0.2, -0.15) is 0 Å². The summed E-state index contributed by atoms with van der Waals surface area (Å²) < 4.78 is 10.6. The molecule has 2 N–H and O–H groups in total. The fourth-order valence-corrected chi connectivity index (χ4v) is 3.83. The predicted octanol–water partition coefficient (Wildman–Crippen LogP) is 4.17. The van der Waals surface area contributed by atoms with Gasteiger partial charge in [-0.05, 0) is 49.2 Å². The Kier molecular flexibility index (Phi) is 8.60. The number of hydrogen-bond donors (Lipinski definition) is 2. The Morgan fingerprint density at radius 3 is 2.47 bits per heavy atom. The maximum atomic E-state index is 13.0. The monoisotopic (exact) mass is 533 g/mol. The molecule has 3 rings (SSSR count). The smallest absolute Gasteiger partial charge is 0.340 e. The van der Waals surface area contributed by atoms with E-state index in [1.807, 2.05) is 13.8 Å². The van der Waals surface area contributed by atoms with Crippen LogP contribution in [0.15, 0.2) is 51.6 Å². The maximum absolute atomic E-state index is 13.0. The summed E-state index contributed by atoms with van der Waals surface area (Å²) in [6.45, 7) is 6.00. The van der Waals surface area contributed by atoms with Gasteiger partial charge in [0.2, 0.25) is 0 Å². The molecule has 9 nitrogen and oxygen atoms in total. The standard InChI is InChI=1S/C25H25Cl2N3O6/c1-13(2)12-30-14(3)21(25(34)35-4)18(24(30)33)10-16-6-7-17(36-16)11-28-22(31)23(32)29-15-5-8-19(26)20(27)9-15/h5-10,13H,11-12H2,1-4H3,(H,28,31)(H,29,32)/b18-10+. The Morgan fingerprint density at radius 1 is 1.11 bits per heavy atom. The van der Waals surface area contributed by atoms with Gasteiger partial charge in [0.05, 0.1) is 34.8 Å². The third kappa shape index (κ3) is 6.16. The lowest BCUT2D eigenvalue weighted by atomic mass is 10.1. The Morgan fingerprint density at radius 2 is 1.83 bits per heavy atom. The normalized spacial score (nSPS) is 14.6. The average molecular weight is 534 g/mol. The lowest BCUT2D eigenvalue weighted by Gasteiger charge is -2.19. The third-order valence-electron chi connectivity index (χ3n) is 5.22. The molecule has 0 spiro atoms. The summed E-state index contributed by atoms with van der Waals surface area (Å²) >= 11 is 11.8. The first-order chi connectivity index (χ1) is 17.0. The molecule has 2 aromatic rings. The first-order valence-electron chi connectivity index (χ1n) is 11.0. The molecule has 1 aromatic heterocycles. The van der Waals surface area contributed by atoms with Gasteiger partial charge in [0, 0.05) is 17.9 Å². The Hall–Kier alpha value is -3.56. The fraction of sp³-hybridized carbons (Fsp3) is 0.280. The molecule has 0 saturated heterocycles. The molecule has 11 heteroatoms. The molecule has 0 bridgehead atoms. The molecule has 36 heavy (non-hydrogen) atoms. The van der Waals surface area contributed by atoms with Crippen LogP contribution in [0.5, 0.6) is 0 Å². The number of allylic oxidation sites excluding steroid dienone is 1. The summed E-state index contributed by atoms with van der Waals surface area (Å²) in [5.74, 6) is -1.91. The molecule has 0 radical (unpaired) electrons. The molecular weight excluding hydrogens is 509 g/mol. The predicted molar refractivity (Wildman–Crippen MR) is 135 cm³/mol. The lowest BCUT2D eigenvalue weighted by molar-refractivity contribution is -0.136. The Bertz CT molecular complexity index is 1280. The van der Waals surface area contributed by atoms with Crippen molar-refractivity contribution in [3.8, 4) is 0 Å². The second kappa shape index (κ2) is 11.5. The van der Waals surface area contributed by atoms with E-state index in [4.69, 9.17) is 32.4 Å². The summed E-state index contributed by atoms with van der Waals surface area (Å²) in [4.78, 5) is 51.3. The van der Waals surface area contributed by atoms with Crippen LogP contribution in [0.2, 0.25) is 10.0 Å². The van der Waals surface area contributed by atoms with E-state index in [-0.39, 0.29) is 34.5 Å². The largest absolute Gasteiger partial charge is 0.465 e. The van der Waals surface area contributed by atoms with Gasteiger partial charge in [0.1, 0.15) is 11.5 Å². The van der Waals surface area contributed by atoms with E-state index in [0.717, 1.165) is 0 Å². The number of benzene rings is 1. The van der Waals surface area contributed by atoms with Gasteiger partial charge in [-0.25, -0.2) is 4.79 Å². The minimum Gasteiger partial charge on any atom is -0.465 e. The van der Waals surface area contributed by atoms with Crippen LogP contribution in [0.3, 0.4) is 0 Å². The molecule has 190 valence electrons. The number of methoxy groups -OCH3 is 1. The quantitative estimate of drug-likeness (QED) is 0.313. The van der Waals surface area contributed by atoms with Gasteiger partial charge >= 0.3 is 17.8 Å². The summed E-state index contributed by atoms with van der Waals surface area (Å²) in [5.41, 5.74) is 1.16. The first-order valence-corrected chi connectivity index (χ1v) is 11.7. The zero-order valence-electron chi connectivity index (χ0n) is 20.1. The van der Waals surface area contributed by atoms with Crippen molar-refractivity contribution in [2.45, 2.75) is 27.3 Å². The third-order valence-corrected chi connectivity index (χ3v) is 5.96. The summed E-state index contributed by atoms with van der Waals surface area (Å²) in [5, 5.41) is 5.43. The van der Waals surface area contributed by atoms with Crippen LogP contribution >= 0.6 is 23.2 Å². The molecule has 1 aliphatic rings. The van der Waals surface area contributed by atoms with Gasteiger partial charge in [-0.3, -0.25) is 14.4 Å². The molecule has 0 saturated carbocycles. The van der Waals surface area contributed by atoms with Gasteiger partial charge in [-0.15, -0.1) is 0 Å². The van der Waals surface area contributed by atoms with E-state index < -0.39 is 17.8 Å². The number of amides is 3. The number of ether oxygens (including phenoxy) is 1. The molecule has 1 aliphatic heterocycles. The minimum absolute atomic E-state index is 0.0804. The van der Waals surface area contributed by atoms with Crippen molar-refractivity contribution in [1.82, 2.24) is 10.2 Å². The van der Waals surface area contributed by atoms with Crippen LogP contribution in [-0.2, 0) is 30.5 Å². The van der Waals surface area contributed by atoms with Crippen LogP contribution in [0.1, 0.15) is 32.3 Å². The Balaban J connectivity index is 1.69. The highest BCUT2D eigenvalue weighted by molar-refractivity contribution is 6.43. The number of carbonyl (C=O) groups is 4. The second-order valence-electron chi connectivity index (χ2n) is 8.39. The van der Waals surface area contributed by atoms with Gasteiger partial charge in [0.15, 0.2) is 0 Å². The molecule has 1 aromatic carbocycles. The number of esters is 1. The van der Waals surface area contributed by atoms with Crippen molar-refractivity contribution >= 4 is 58.7 Å². The fourth-order valence-electron chi connectivity index (χ4n) is 3.53. The number of halogens is 2. The number of hydrogen-bond acceptors (Lipinski definition) is 6. The Labute approximate surface area is 218 Å². The number of anilines is 1. The topological polar surface area (TPSA) is 118 Å². The van der Waals surface area contributed by atoms with E-state index in [1.54, 1.807) is 24.0 Å². The molecular formula is C25H25Cl2N3O6. The zero-order chi connectivity index (χ0) is 26.6. The zero-order valence-corrected chi connectivity index (χ0v) is 21.6. The highest BCUT2D eigenvalue weighted by Crippen LogP contribution is 2.32. The molecule has 3 amide bonds. The van der Waals surface area contributed by atoms with Crippen molar-refractivity contribution in [3.63, 3.8) is 0 Å². The number of nitrogens with one attached hydrogen (secondary N) is 2. The minimum atomic E-state index is -0.896. The molecule has 0 fully saturated rings. The molecule has 0 atom stereocenters. The average Bonchev–Trinajstić information content (AvgIpc) is 3.37. The highest BCUT2D eigenvalue weighted by Gasteiger charge is 2.37. The van der Waals surface area contributed by atoms with E-state index in [1.165, 1.54) is 31.4 Å². The van der Waals surface area contributed by atoms with Crippen LogP contribution in [0.4, 0.5) is 5.69 Å². The van der Waals surface area contributed by atoms with E-state index in [0.29, 0.717) is 34.5 Å². The number of rotatable bonds is 7. The maximum Gasteiger partial charge on any atom is 0.340 e. The van der Waals surface area contributed by atoms with Crippen molar-refractivity contribution in [1.29, 1.82) is 0 Å². The number of carbonyl (C=O) groups excluding carboxylic acids is 4. The van der Waals surface area contributed by atoms with Crippen molar-refractivity contribution in [3.05, 3.63) is 68.7 Å². The molecule has 0 unspecified atom stereocenters. The number of nitrogens with zero attached hydrogens (tertiary/aromatic N) is 1. The molecule has 0 aliphatic carbocycles. The van der Waals surface area contributed by atoms with E-state index in [9.17, 15) is 19.2 Å². The molecule has 2 heterocycles. The SMILES string of the molecule is COC(=O)C1=C(C)N(CC(C)C)C(=O)/C1=C/c1ccc(CNC(=O)C(=O)Nc2ccc(Cl)c(Cl)c2)o1. The number of furan rings is 1. The first kappa shape index (κ1) is 27.0. The van der Waals surface area contributed by atoms with Crippen molar-refractivity contribution in [2.75, 3.05) is 19.0 Å². The van der Waals surface area contributed by atoms with Crippen LogP contribution in [-0.4, -0.2) is 42.2 Å². The van der Waals surface area contributed by atoms with Crippen LogP contribution < -0.4 is 10.6 Å². The second-order valence-corrected chi connectivity index (χ2v) is 9.20. The summed E-state index contributed by atoms with van der Waals surface area (Å²) in [7, 11) is 1.25. The highest BCUT2D eigenvalue weighted by atomic mass is 35.5. The van der Waals surface area contributed by atoms with Gasteiger partial charge < -0.3 is 24.7 Å². The van der Waals surface area contributed by atoms with Gasteiger partial charge in [-0.1, -0.05) is 37.0 Å². The van der Waals surface area contributed by atoms with E-state index >= 15 is 0 Å². The van der Waals surface area contributed by atoms with Crippen LogP contribution in [0.25, 0.3) is 6.08 Å².